The first-order chi connectivity index (χ1) is 7.88. The largest absolute Gasteiger partial charge is 0.330 e. The molecule has 0 spiro atoms. The second-order valence-corrected chi connectivity index (χ2v) is 3.59. The molecule has 2 heterocycles. The number of nitrogens with two attached hydrogens (primary N) is 1. The molecule has 0 aliphatic rings. The fourth-order valence-electron chi connectivity index (χ4n) is 1.46. The maximum absolute atomic E-state index is 5.43. The van der Waals surface area contributed by atoms with Crippen molar-refractivity contribution in [3.05, 3.63) is 41.7 Å². The summed E-state index contributed by atoms with van der Waals surface area (Å²) in [5.41, 5.74) is 6.42. The number of aromatic amines is 1. The van der Waals surface area contributed by atoms with Gasteiger partial charge < -0.3 is 5.73 Å². The van der Waals surface area contributed by atoms with E-state index in [1.165, 1.54) is 0 Å². The van der Waals surface area contributed by atoms with Crippen LogP contribution in [0.1, 0.15) is 23.8 Å². The Bertz CT molecular complexity index is 423. The van der Waals surface area contributed by atoms with Gasteiger partial charge in [-0.15, -0.1) is 0 Å². The molecular weight excluding hydrogens is 202 g/mol. The number of nitrogens with zero attached hydrogens (tertiary/aromatic N) is 3. The standard InChI is InChI=1S/C11H15N5/c12-6-3-5-10-14-11(16-15-10)8-9-4-1-2-7-13-9/h1-2,4,7H,3,5-6,8,12H2,(H,14,15,16). The van der Waals surface area contributed by atoms with E-state index < -0.39 is 0 Å². The fraction of sp³-hybridized carbons (Fsp3) is 0.364. The predicted molar refractivity (Wildman–Crippen MR) is 60.8 cm³/mol. The minimum Gasteiger partial charge on any atom is -0.330 e. The summed E-state index contributed by atoms with van der Waals surface area (Å²) in [5.74, 6) is 1.68. The number of rotatable bonds is 5. The molecule has 84 valence electrons. The van der Waals surface area contributed by atoms with Crippen LogP contribution in [0.3, 0.4) is 0 Å². The van der Waals surface area contributed by atoms with Gasteiger partial charge in [-0.3, -0.25) is 10.1 Å². The summed E-state index contributed by atoms with van der Waals surface area (Å²) in [5, 5.41) is 7.05. The zero-order chi connectivity index (χ0) is 11.2. The van der Waals surface area contributed by atoms with Crippen LogP contribution in [0.25, 0.3) is 0 Å². The van der Waals surface area contributed by atoms with Crippen LogP contribution in [0, 0.1) is 0 Å². The lowest BCUT2D eigenvalue weighted by Gasteiger charge is -1.94. The molecule has 2 aromatic heterocycles. The number of hydrogen-bond acceptors (Lipinski definition) is 4. The van der Waals surface area contributed by atoms with Crippen molar-refractivity contribution in [3.63, 3.8) is 0 Å². The van der Waals surface area contributed by atoms with Crippen molar-refractivity contribution in [1.82, 2.24) is 20.2 Å². The van der Waals surface area contributed by atoms with E-state index in [4.69, 9.17) is 5.73 Å². The first kappa shape index (κ1) is 10.8. The SMILES string of the molecule is NCCCc1n[nH]c(Cc2ccccn2)n1. The van der Waals surface area contributed by atoms with Crippen LogP contribution in [0.15, 0.2) is 24.4 Å². The zero-order valence-electron chi connectivity index (χ0n) is 9.06. The highest BCUT2D eigenvalue weighted by Gasteiger charge is 2.03. The van der Waals surface area contributed by atoms with E-state index in [0.29, 0.717) is 13.0 Å². The average Bonchev–Trinajstić information content (AvgIpc) is 2.75. The van der Waals surface area contributed by atoms with Gasteiger partial charge in [0.25, 0.3) is 0 Å². The maximum Gasteiger partial charge on any atom is 0.150 e. The van der Waals surface area contributed by atoms with E-state index in [1.807, 2.05) is 18.2 Å². The van der Waals surface area contributed by atoms with Crippen molar-refractivity contribution >= 4 is 0 Å². The molecular formula is C11H15N5. The average molecular weight is 217 g/mol. The predicted octanol–water partition coefficient (Wildman–Crippen LogP) is 0.682. The molecule has 2 aromatic rings. The number of aryl methyl sites for hydroxylation is 1. The van der Waals surface area contributed by atoms with Gasteiger partial charge in [0, 0.05) is 24.7 Å². The van der Waals surface area contributed by atoms with Crippen LogP contribution < -0.4 is 5.73 Å². The Labute approximate surface area is 94.1 Å². The van der Waals surface area contributed by atoms with Gasteiger partial charge in [-0.05, 0) is 25.1 Å². The molecule has 0 saturated carbocycles. The normalized spacial score (nSPS) is 10.6. The topological polar surface area (TPSA) is 80.5 Å². The lowest BCUT2D eigenvalue weighted by Crippen LogP contribution is -2.01. The van der Waals surface area contributed by atoms with E-state index >= 15 is 0 Å². The molecule has 0 atom stereocenters. The quantitative estimate of drug-likeness (QED) is 0.771. The minimum absolute atomic E-state index is 0.671. The Hall–Kier alpha value is -1.75. The van der Waals surface area contributed by atoms with Gasteiger partial charge in [-0.1, -0.05) is 6.07 Å². The van der Waals surface area contributed by atoms with Crippen molar-refractivity contribution in [3.8, 4) is 0 Å². The Morgan fingerprint density at radius 3 is 3.00 bits per heavy atom. The summed E-state index contributed by atoms with van der Waals surface area (Å²) in [7, 11) is 0. The molecule has 5 heteroatoms. The number of nitrogens with one attached hydrogen (secondary N) is 1. The van der Waals surface area contributed by atoms with Gasteiger partial charge >= 0.3 is 0 Å². The number of H-pyrrole nitrogens is 1. The third kappa shape index (κ3) is 2.87. The van der Waals surface area contributed by atoms with E-state index in [1.54, 1.807) is 6.20 Å². The lowest BCUT2D eigenvalue weighted by molar-refractivity contribution is 0.785. The maximum atomic E-state index is 5.43. The number of pyridine rings is 1. The summed E-state index contributed by atoms with van der Waals surface area (Å²) in [6.07, 6.45) is 4.22. The summed E-state index contributed by atoms with van der Waals surface area (Å²) in [6, 6.07) is 5.84. The Morgan fingerprint density at radius 2 is 2.25 bits per heavy atom. The highest BCUT2D eigenvalue weighted by atomic mass is 15.2. The molecule has 3 N–H and O–H groups in total. The first-order valence-corrected chi connectivity index (χ1v) is 5.38. The van der Waals surface area contributed by atoms with Crippen molar-refractivity contribution in [2.45, 2.75) is 19.3 Å². The van der Waals surface area contributed by atoms with Gasteiger partial charge in [0.15, 0.2) is 5.82 Å². The van der Waals surface area contributed by atoms with Gasteiger partial charge in [0.2, 0.25) is 0 Å². The van der Waals surface area contributed by atoms with Crippen molar-refractivity contribution < 1.29 is 0 Å². The number of aromatic nitrogens is 4. The van der Waals surface area contributed by atoms with Crippen LogP contribution in [0.5, 0.6) is 0 Å². The Morgan fingerprint density at radius 1 is 1.31 bits per heavy atom. The van der Waals surface area contributed by atoms with Gasteiger partial charge in [0.05, 0.1) is 0 Å². The molecule has 5 nitrogen and oxygen atoms in total. The highest BCUT2D eigenvalue weighted by Crippen LogP contribution is 2.02. The lowest BCUT2D eigenvalue weighted by atomic mass is 10.2. The molecule has 0 amide bonds. The second-order valence-electron chi connectivity index (χ2n) is 3.59. The summed E-state index contributed by atoms with van der Waals surface area (Å²) in [6.45, 7) is 0.671. The second kappa shape index (κ2) is 5.37. The first-order valence-electron chi connectivity index (χ1n) is 5.38. The van der Waals surface area contributed by atoms with Gasteiger partial charge in [-0.25, -0.2) is 4.98 Å². The molecule has 0 bridgehead atoms. The molecule has 0 aliphatic heterocycles. The molecule has 0 unspecified atom stereocenters. The molecule has 0 radical (unpaired) electrons. The van der Waals surface area contributed by atoms with Crippen LogP contribution in [-0.4, -0.2) is 26.7 Å². The summed E-state index contributed by atoms with van der Waals surface area (Å²) >= 11 is 0. The monoisotopic (exact) mass is 217 g/mol. The summed E-state index contributed by atoms with van der Waals surface area (Å²) < 4.78 is 0. The molecule has 0 aromatic carbocycles. The molecule has 16 heavy (non-hydrogen) atoms. The van der Waals surface area contributed by atoms with Gasteiger partial charge in [0.1, 0.15) is 5.82 Å². The van der Waals surface area contributed by atoms with Crippen LogP contribution in [-0.2, 0) is 12.8 Å². The van der Waals surface area contributed by atoms with Crippen molar-refractivity contribution in [1.29, 1.82) is 0 Å². The van der Waals surface area contributed by atoms with E-state index in [2.05, 4.69) is 20.2 Å². The fourth-order valence-corrected chi connectivity index (χ4v) is 1.46. The van der Waals surface area contributed by atoms with Crippen molar-refractivity contribution in [2.24, 2.45) is 5.73 Å². The number of hydrogen-bond donors (Lipinski definition) is 2. The van der Waals surface area contributed by atoms with Gasteiger partial charge in [-0.2, -0.15) is 5.10 Å². The van der Waals surface area contributed by atoms with Crippen LogP contribution >= 0.6 is 0 Å². The molecule has 2 rings (SSSR count). The molecule has 0 aliphatic carbocycles. The highest BCUT2D eigenvalue weighted by molar-refractivity contribution is 5.09. The third-order valence-electron chi connectivity index (χ3n) is 2.26. The zero-order valence-corrected chi connectivity index (χ0v) is 9.06. The Kier molecular flexibility index (Phi) is 3.61. The third-order valence-corrected chi connectivity index (χ3v) is 2.26. The molecule has 0 fully saturated rings. The Balaban J connectivity index is 1.97. The van der Waals surface area contributed by atoms with Crippen LogP contribution in [0.4, 0.5) is 0 Å². The smallest absolute Gasteiger partial charge is 0.150 e. The van der Waals surface area contributed by atoms with E-state index in [9.17, 15) is 0 Å². The minimum atomic E-state index is 0.671. The van der Waals surface area contributed by atoms with E-state index in [0.717, 1.165) is 30.2 Å². The molecule has 0 saturated heterocycles. The van der Waals surface area contributed by atoms with E-state index in [-0.39, 0.29) is 0 Å². The summed E-state index contributed by atoms with van der Waals surface area (Å²) in [4.78, 5) is 8.62. The van der Waals surface area contributed by atoms with Crippen LogP contribution in [0.2, 0.25) is 0 Å². The van der Waals surface area contributed by atoms with Crippen molar-refractivity contribution in [2.75, 3.05) is 6.54 Å².